The first-order valence-corrected chi connectivity index (χ1v) is 13.2. The Labute approximate surface area is 204 Å². The van der Waals surface area contributed by atoms with Gasteiger partial charge in [-0.15, -0.1) is 23.1 Å². The molecule has 3 amide bonds. The summed E-state index contributed by atoms with van der Waals surface area (Å²) >= 11 is 3.29. The summed E-state index contributed by atoms with van der Waals surface area (Å²) in [7, 11) is 0. The van der Waals surface area contributed by atoms with Crippen molar-refractivity contribution in [2.45, 2.75) is 37.8 Å². The molecule has 0 unspecified atom stereocenters. The number of nitrogens with one attached hydrogen (secondary N) is 1. The number of rotatable bonds is 11. The third-order valence-electron chi connectivity index (χ3n) is 5.23. The average molecular weight is 482 g/mol. The Morgan fingerprint density at radius 1 is 0.939 bits per heavy atom. The highest BCUT2D eigenvalue weighted by Crippen LogP contribution is 2.19. The normalized spacial score (nSPS) is 10.6. The first-order chi connectivity index (χ1) is 16.1. The van der Waals surface area contributed by atoms with Gasteiger partial charge in [-0.05, 0) is 54.0 Å². The van der Waals surface area contributed by atoms with Gasteiger partial charge in [-0.3, -0.25) is 4.79 Å². The van der Waals surface area contributed by atoms with Crippen LogP contribution in [0.1, 0.15) is 30.2 Å². The van der Waals surface area contributed by atoms with Crippen LogP contribution in [0, 0.1) is 0 Å². The van der Waals surface area contributed by atoms with E-state index in [1.54, 1.807) is 28.0 Å². The number of anilines is 1. The number of amides is 3. The second-order valence-corrected chi connectivity index (χ2v) is 9.66. The van der Waals surface area contributed by atoms with E-state index in [-0.39, 0.29) is 18.5 Å². The van der Waals surface area contributed by atoms with Crippen molar-refractivity contribution in [3.05, 3.63) is 82.6 Å². The number of carbonyl (C=O) groups excluding carboxylic acids is 2. The zero-order valence-corrected chi connectivity index (χ0v) is 20.8. The zero-order valence-electron chi connectivity index (χ0n) is 19.2. The lowest BCUT2D eigenvalue weighted by Crippen LogP contribution is -2.44. The molecule has 1 N–H and O–H groups in total. The zero-order chi connectivity index (χ0) is 23.5. The Hall–Kier alpha value is -2.77. The minimum Gasteiger partial charge on any atom is -0.332 e. The molecule has 33 heavy (non-hydrogen) atoms. The van der Waals surface area contributed by atoms with Crippen LogP contribution in [0.15, 0.2) is 77.0 Å². The van der Waals surface area contributed by atoms with E-state index in [1.807, 2.05) is 83.3 Å². The number of hydrogen-bond acceptors (Lipinski definition) is 4. The summed E-state index contributed by atoms with van der Waals surface area (Å²) in [6, 6.07) is 21.5. The van der Waals surface area contributed by atoms with Crippen LogP contribution in [0.4, 0.5) is 10.5 Å². The van der Waals surface area contributed by atoms with Crippen LogP contribution >= 0.6 is 23.1 Å². The molecule has 0 fully saturated rings. The van der Waals surface area contributed by atoms with Gasteiger partial charge >= 0.3 is 6.03 Å². The van der Waals surface area contributed by atoms with Crippen LogP contribution in [0.2, 0.25) is 0 Å². The van der Waals surface area contributed by atoms with Crippen molar-refractivity contribution in [2.75, 3.05) is 24.7 Å². The lowest BCUT2D eigenvalue weighted by atomic mass is 10.2. The molecule has 0 aliphatic rings. The molecule has 1 aromatic heterocycles. The van der Waals surface area contributed by atoms with E-state index in [4.69, 9.17) is 0 Å². The van der Waals surface area contributed by atoms with Crippen molar-refractivity contribution in [1.29, 1.82) is 0 Å². The summed E-state index contributed by atoms with van der Waals surface area (Å²) in [6.07, 6.45) is 3.81. The molecule has 3 aromatic rings. The molecule has 3 rings (SSSR count). The number of thiophene rings is 1. The van der Waals surface area contributed by atoms with E-state index in [0.717, 1.165) is 33.9 Å². The van der Waals surface area contributed by atoms with Crippen molar-refractivity contribution in [1.82, 2.24) is 9.80 Å². The molecule has 0 atom stereocenters. The van der Waals surface area contributed by atoms with Crippen molar-refractivity contribution >= 4 is 40.7 Å². The van der Waals surface area contributed by atoms with E-state index in [2.05, 4.69) is 12.2 Å². The van der Waals surface area contributed by atoms with Crippen molar-refractivity contribution in [2.24, 2.45) is 0 Å². The highest BCUT2D eigenvalue weighted by Gasteiger charge is 2.22. The summed E-state index contributed by atoms with van der Waals surface area (Å²) in [4.78, 5) is 32.2. The summed E-state index contributed by atoms with van der Waals surface area (Å²) in [5.74, 6) is -0.0590. The maximum atomic E-state index is 13.4. The maximum Gasteiger partial charge on any atom is 0.322 e. The topological polar surface area (TPSA) is 52.7 Å². The van der Waals surface area contributed by atoms with Gasteiger partial charge < -0.3 is 15.1 Å². The first kappa shape index (κ1) is 24.9. The van der Waals surface area contributed by atoms with Gasteiger partial charge in [0.05, 0.1) is 6.54 Å². The van der Waals surface area contributed by atoms with Gasteiger partial charge in [0, 0.05) is 28.5 Å². The Morgan fingerprint density at radius 2 is 1.70 bits per heavy atom. The minimum absolute atomic E-state index is 0.0485. The standard InChI is InChI=1S/C26H31N3O2S2/c1-3-4-16-28(26(31)27-22-12-14-23(32-2)15-13-22)20-25(30)29(19-24-11-8-17-33-24)18-21-9-6-5-7-10-21/h5-15,17H,3-4,16,18-20H2,1-2H3,(H,27,31). The van der Waals surface area contributed by atoms with Crippen LogP contribution in [0.3, 0.4) is 0 Å². The molecular weight excluding hydrogens is 450 g/mol. The van der Waals surface area contributed by atoms with Gasteiger partial charge in [0.2, 0.25) is 5.91 Å². The lowest BCUT2D eigenvalue weighted by molar-refractivity contribution is -0.133. The van der Waals surface area contributed by atoms with Crippen LogP contribution in [-0.4, -0.2) is 41.1 Å². The molecule has 0 spiro atoms. The number of hydrogen-bond donors (Lipinski definition) is 1. The number of unbranched alkanes of at least 4 members (excludes halogenated alkanes) is 1. The largest absolute Gasteiger partial charge is 0.332 e. The van der Waals surface area contributed by atoms with E-state index in [1.165, 1.54) is 0 Å². The lowest BCUT2D eigenvalue weighted by Gasteiger charge is -2.28. The summed E-state index contributed by atoms with van der Waals surface area (Å²) in [5, 5.41) is 4.97. The molecule has 7 heteroatoms. The van der Waals surface area contributed by atoms with E-state index >= 15 is 0 Å². The highest BCUT2D eigenvalue weighted by atomic mass is 32.2. The van der Waals surface area contributed by atoms with Crippen molar-refractivity contribution < 1.29 is 9.59 Å². The third-order valence-corrected chi connectivity index (χ3v) is 6.84. The molecule has 5 nitrogen and oxygen atoms in total. The van der Waals surface area contributed by atoms with Gasteiger partial charge in [-0.1, -0.05) is 49.7 Å². The van der Waals surface area contributed by atoms with Gasteiger partial charge in [-0.2, -0.15) is 0 Å². The second-order valence-electron chi connectivity index (χ2n) is 7.75. The summed E-state index contributed by atoms with van der Waals surface area (Å²) in [6.45, 7) is 3.71. The highest BCUT2D eigenvalue weighted by molar-refractivity contribution is 7.98. The fourth-order valence-electron chi connectivity index (χ4n) is 3.37. The van der Waals surface area contributed by atoms with Gasteiger partial charge in [-0.25, -0.2) is 4.79 Å². The smallest absolute Gasteiger partial charge is 0.322 e. The molecule has 0 aliphatic heterocycles. The van der Waals surface area contributed by atoms with E-state index in [0.29, 0.717) is 19.6 Å². The quantitative estimate of drug-likeness (QED) is 0.326. The Balaban J connectivity index is 1.71. The predicted octanol–water partition coefficient (Wildman–Crippen LogP) is 6.33. The molecular formula is C26H31N3O2S2. The number of carbonyl (C=O) groups is 2. The first-order valence-electron chi connectivity index (χ1n) is 11.1. The Morgan fingerprint density at radius 3 is 2.33 bits per heavy atom. The predicted molar refractivity (Wildman–Crippen MR) is 139 cm³/mol. The molecule has 0 saturated heterocycles. The molecule has 0 radical (unpaired) electrons. The van der Waals surface area contributed by atoms with Crippen LogP contribution in [0.5, 0.6) is 0 Å². The van der Waals surface area contributed by atoms with E-state index in [9.17, 15) is 9.59 Å². The number of thioether (sulfide) groups is 1. The second kappa shape index (κ2) is 13.1. The monoisotopic (exact) mass is 481 g/mol. The summed E-state index contributed by atoms with van der Waals surface area (Å²) < 4.78 is 0. The third kappa shape index (κ3) is 7.94. The SMILES string of the molecule is CCCCN(CC(=O)N(Cc1ccccc1)Cc1cccs1)C(=O)Nc1ccc(SC)cc1. The van der Waals surface area contributed by atoms with Gasteiger partial charge in [0.25, 0.3) is 0 Å². The Bertz CT molecular complexity index is 992. The number of urea groups is 1. The minimum atomic E-state index is -0.246. The molecule has 0 bridgehead atoms. The van der Waals surface area contributed by atoms with Crippen molar-refractivity contribution in [3.63, 3.8) is 0 Å². The van der Waals surface area contributed by atoms with Crippen LogP contribution < -0.4 is 5.32 Å². The maximum absolute atomic E-state index is 13.4. The molecule has 2 aromatic carbocycles. The molecule has 174 valence electrons. The molecule has 0 saturated carbocycles. The number of benzene rings is 2. The van der Waals surface area contributed by atoms with Gasteiger partial charge in [0.15, 0.2) is 0 Å². The Kier molecular flexibility index (Phi) is 9.84. The van der Waals surface area contributed by atoms with Crippen molar-refractivity contribution in [3.8, 4) is 0 Å². The number of nitrogens with zero attached hydrogens (tertiary/aromatic N) is 2. The van der Waals surface area contributed by atoms with Crippen LogP contribution in [-0.2, 0) is 17.9 Å². The van der Waals surface area contributed by atoms with E-state index < -0.39 is 0 Å². The molecule has 1 heterocycles. The fraction of sp³-hybridized carbons (Fsp3) is 0.308. The van der Waals surface area contributed by atoms with Crippen LogP contribution in [0.25, 0.3) is 0 Å². The fourth-order valence-corrected chi connectivity index (χ4v) is 4.50. The molecule has 0 aliphatic carbocycles. The summed E-state index contributed by atoms with van der Waals surface area (Å²) in [5.41, 5.74) is 1.80. The average Bonchev–Trinajstić information content (AvgIpc) is 3.35. The van der Waals surface area contributed by atoms with Gasteiger partial charge in [0.1, 0.15) is 6.54 Å².